The lowest BCUT2D eigenvalue weighted by molar-refractivity contribution is 0.0597. The molecular weight excluding hydrogens is 412 g/mol. The highest BCUT2D eigenvalue weighted by molar-refractivity contribution is 5.96. The minimum Gasteiger partial charge on any atom is -0.507 e. The van der Waals surface area contributed by atoms with Crippen molar-refractivity contribution in [2.75, 3.05) is 27.9 Å². The van der Waals surface area contributed by atoms with Gasteiger partial charge in [-0.25, -0.2) is 4.79 Å². The van der Waals surface area contributed by atoms with Crippen LogP contribution in [0.4, 0.5) is 0 Å². The van der Waals surface area contributed by atoms with Crippen LogP contribution < -0.4 is 14.2 Å². The summed E-state index contributed by atoms with van der Waals surface area (Å²) < 4.78 is 21.0. The number of ketones is 1. The first-order chi connectivity index (χ1) is 15.5. The minimum atomic E-state index is -0.578. The topological polar surface area (TPSA) is 91.3 Å². The normalized spacial score (nSPS) is 10.5. The number of methoxy groups -OCH3 is 3. The van der Waals surface area contributed by atoms with Crippen molar-refractivity contribution in [1.82, 2.24) is 0 Å². The third-order valence-electron chi connectivity index (χ3n) is 5.16. The van der Waals surface area contributed by atoms with Crippen LogP contribution in [0.2, 0.25) is 0 Å². The van der Waals surface area contributed by atoms with Gasteiger partial charge in [-0.2, -0.15) is 0 Å². The van der Waals surface area contributed by atoms with Crippen LogP contribution in [0.15, 0.2) is 30.3 Å². The van der Waals surface area contributed by atoms with Crippen LogP contribution in [0, 0.1) is 0 Å². The molecule has 0 fully saturated rings. The lowest BCUT2D eigenvalue weighted by Crippen LogP contribution is -2.06. The first kappa shape index (κ1) is 25.0. The van der Waals surface area contributed by atoms with Crippen molar-refractivity contribution in [3.8, 4) is 23.0 Å². The van der Waals surface area contributed by atoms with E-state index in [4.69, 9.17) is 18.9 Å². The van der Waals surface area contributed by atoms with E-state index >= 15 is 0 Å². The number of phenols is 1. The summed E-state index contributed by atoms with van der Waals surface area (Å²) in [5.74, 6) is 1.09. The molecule has 32 heavy (non-hydrogen) atoms. The Bertz CT molecular complexity index is 921. The van der Waals surface area contributed by atoms with Crippen molar-refractivity contribution in [3.05, 3.63) is 47.0 Å². The number of carbonyl (C=O) groups excluding carboxylic acids is 2. The van der Waals surface area contributed by atoms with Gasteiger partial charge >= 0.3 is 5.97 Å². The Morgan fingerprint density at radius 3 is 2.28 bits per heavy atom. The van der Waals surface area contributed by atoms with Gasteiger partial charge in [0, 0.05) is 17.5 Å². The SMILES string of the molecule is CCCc1c(OCCCCCC(=O)c2ccc(OC)c(OC)c2)ccc(C(=O)OC)c1O. The van der Waals surface area contributed by atoms with Crippen LogP contribution >= 0.6 is 0 Å². The summed E-state index contributed by atoms with van der Waals surface area (Å²) >= 11 is 0. The van der Waals surface area contributed by atoms with Crippen molar-refractivity contribution in [1.29, 1.82) is 0 Å². The quantitative estimate of drug-likeness (QED) is 0.265. The van der Waals surface area contributed by atoms with Gasteiger partial charge in [0.15, 0.2) is 17.3 Å². The highest BCUT2D eigenvalue weighted by Crippen LogP contribution is 2.33. The molecule has 0 aromatic heterocycles. The average molecular weight is 445 g/mol. The molecule has 1 N–H and O–H groups in total. The summed E-state index contributed by atoms with van der Waals surface area (Å²) in [4.78, 5) is 24.2. The highest BCUT2D eigenvalue weighted by atomic mass is 16.5. The van der Waals surface area contributed by atoms with Crippen molar-refractivity contribution >= 4 is 11.8 Å². The second-order valence-electron chi connectivity index (χ2n) is 7.33. The Kier molecular flexibility index (Phi) is 9.85. The number of unbranched alkanes of at least 4 members (excludes halogenated alkanes) is 2. The van der Waals surface area contributed by atoms with E-state index in [9.17, 15) is 14.7 Å². The van der Waals surface area contributed by atoms with Crippen LogP contribution in [0.25, 0.3) is 0 Å². The molecule has 0 radical (unpaired) electrons. The molecule has 174 valence electrons. The van der Waals surface area contributed by atoms with E-state index in [1.165, 1.54) is 13.2 Å². The number of hydrogen-bond acceptors (Lipinski definition) is 7. The van der Waals surface area contributed by atoms with E-state index in [2.05, 4.69) is 0 Å². The zero-order chi connectivity index (χ0) is 23.5. The molecule has 2 rings (SSSR count). The van der Waals surface area contributed by atoms with Crippen molar-refractivity contribution in [2.45, 2.75) is 45.4 Å². The third kappa shape index (κ3) is 6.39. The predicted octanol–water partition coefficient (Wildman–Crippen LogP) is 4.97. The van der Waals surface area contributed by atoms with E-state index in [1.54, 1.807) is 38.5 Å². The van der Waals surface area contributed by atoms with Gasteiger partial charge in [0.1, 0.15) is 17.1 Å². The Hall–Kier alpha value is -3.22. The number of phenolic OH excluding ortho intramolecular Hbond substituents is 1. The molecule has 0 unspecified atom stereocenters. The summed E-state index contributed by atoms with van der Waals surface area (Å²) in [6, 6.07) is 8.38. The molecule has 0 bridgehead atoms. The van der Waals surface area contributed by atoms with E-state index in [1.807, 2.05) is 6.92 Å². The first-order valence-electron chi connectivity index (χ1n) is 10.8. The monoisotopic (exact) mass is 444 g/mol. The standard InChI is InChI=1S/C25H32O7/c1-5-9-18-21(14-12-19(24(18)27)25(28)31-4)32-15-8-6-7-10-20(26)17-11-13-22(29-2)23(16-17)30-3/h11-14,16,27H,5-10,15H2,1-4H3. The Morgan fingerprint density at radius 2 is 1.62 bits per heavy atom. The number of ether oxygens (including phenoxy) is 4. The Labute approximate surface area is 189 Å². The van der Waals surface area contributed by atoms with E-state index in [-0.39, 0.29) is 17.1 Å². The molecular formula is C25H32O7. The molecule has 0 heterocycles. The summed E-state index contributed by atoms with van der Waals surface area (Å²) in [5.41, 5.74) is 1.35. The van der Waals surface area contributed by atoms with E-state index in [0.29, 0.717) is 47.8 Å². The Balaban J connectivity index is 1.84. The van der Waals surface area contributed by atoms with Crippen LogP contribution in [0.5, 0.6) is 23.0 Å². The molecule has 0 aliphatic heterocycles. The molecule has 2 aromatic rings. The van der Waals surface area contributed by atoms with Gasteiger partial charge in [-0.05, 0) is 56.0 Å². The van der Waals surface area contributed by atoms with Gasteiger partial charge in [0.05, 0.1) is 27.9 Å². The number of rotatable bonds is 13. The fourth-order valence-corrected chi connectivity index (χ4v) is 3.42. The molecule has 7 heteroatoms. The maximum absolute atomic E-state index is 12.4. The molecule has 0 atom stereocenters. The van der Waals surface area contributed by atoms with Gasteiger partial charge in [0.2, 0.25) is 0 Å². The first-order valence-corrected chi connectivity index (χ1v) is 10.8. The van der Waals surface area contributed by atoms with E-state index in [0.717, 1.165) is 25.7 Å². The average Bonchev–Trinajstić information content (AvgIpc) is 2.82. The number of benzene rings is 2. The molecule has 0 aliphatic rings. The van der Waals surface area contributed by atoms with E-state index < -0.39 is 5.97 Å². The summed E-state index contributed by atoms with van der Waals surface area (Å²) in [5, 5.41) is 10.4. The lowest BCUT2D eigenvalue weighted by Gasteiger charge is -2.14. The fourth-order valence-electron chi connectivity index (χ4n) is 3.42. The zero-order valence-electron chi connectivity index (χ0n) is 19.2. The molecule has 2 aromatic carbocycles. The van der Waals surface area contributed by atoms with Gasteiger partial charge in [0.25, 0.3) is 0 Å². The van der Waals surface area contributed by atoms with Crippen LogP contribution in [0.1, 0.15) is 65.3 Å². The number of hydrogen-bond donors (Lipinski definition) is 1. The molecule has 0 aliphatic carbocycles. The van der Waals surface area contributed by atoms with Gasteiger partial charge in [-0.3, -0.25) is 4.79 Å². The maximum Gasteiger partial charge on any atom is 0.341 e. The molecule has 0 saturated carbocycles. The molecule has 0 amide bonds. The minimum absolute atomic E-state index is 0.0559. The number of aromatic hydroxyl groups is 1. The van der Waals surface area contributed by atoms with Gasteiger partial charge in [-0.15, -0.1) is 0 Å². The van der Waals surface area contributed by atoms with Gasteiger partial charge in [-0.1, -0.05) is 13.3 Å². The third-order valence-corrected chi connectivity index (χ3v) is 5.16. The van der Waals surface area contributed by atoms with Crippen molar-refractivity contribution in [2.24, 2.45) is 0 Å². The smallest absolute Gasteiger partial charge is 0.341 e. The van der Waals surface area contributed by atoms with Crippen molar-refractivity contribution in [3.63, 3.8) is 0 Å². The summed E-state index contributed by atoms with van der Waals surface area (Å²) in [6.45, 7) is 2.45. The summed E-state index contributed by atoms with van der Waals surface area (Å²) in [6.07, 6.45) is 4.16. The van der Waals surface area contributed by atoms with Crippen LogP contribution in [0.3, 0.4) is 0 Å². The zero-order valence-corrected chi connectivity index (χ0v) is 19.2. The lowest BCUT2D eigenvalue weighted by atomic mass is 10.0. The molecule has 0 saturated heterocycles. The summed E-state index contributed by atoms with van der Waals surface area (Å²) in [7, 11) is 4.38. The molecule has 7 nitrogen and oxygen atoms in total. The second-order valence-corrected chi connectivity index (χ2v) is 7.33. The second kappa shape index (κ2) is 12.6. The fraction of sp³-hybridized carbons (Fsp3) is 0.440. The largest absolute Gasteiger partial charge is 0.507 e. The molecule has 0 spiro atoms. The van der Waals surface area contributed by atoms with Crippen molar-refractivity contribution < 1.29 is 33.6 Å². The highest BCUT2D eigenvalue weighted by Gasteiger charge is 2.18. The maximum atomic E-state index is 12.4. The van der Waals surface area contributed by atoms with Crippen LogP contribution in [-0.4, -0.2) is 44.8 Å². The Morgan fingerprint density at radius 1 is 0.906 bits per heavy atom. The number of carbonyl (C=O) groups is 2. The predicted molar refractivity (Wildman–Crippen MR) is 121 cm³/mol. The number of Topliss-reactive ketones (excluding diaryl/α,β-unsaturated/α-hetero) is 1. The number of esters is 1. The van der Waals surface area contributed by atoms with Gasteiger partial charge < -0.3 is 24.1 Å². The van der Waals surface area contributed by atoms with Crippen LogP contribution in [-0.2, 0) is 11.2 Å².